The second kappa shape index (κ2) is 10.2. The van der Waals surface area contributed by atoms with Crippen molar-refractivity contribution in [3.05, 3.63) is 77.1 Å². The Labute approximate surface area is 197 Å². The number of rotatable bonds is 6. The Morgan fingerprint density at radius 1 is 1.09 bits per heavy atom. The third-order valence-electron chi connectivity index (χ3n) is 5.21. The summed E-state index contributed by atoms with van der Waals surface area (Å²) in [7, 11) is -3.79. The molecule has 0 radical (unpaired) electrons. The van der Waals surface area contributed by atoms with Crippen molar-refractivity contribution in [2.45, 2.75) is 37.1 Å². The SMILES string of the molecule is O=C(Nc1cccc(S(=O)(=O)NC2=NCCCCC2)c1)c1cnn(Cc2ccccc2Cl)c1. The van der Waals surface area contributed by atoms with Gasteiger partial charge >= 0.3 is 0 Å². The zero-order valence-corrected chi connectivity index (χ0v) is 19.4. The van der Waals surface area contributed by atoms with E-state index >= 15 is 0 Å². The van der Waals surface area contributed by atoms with Crippen molar-refractivity contribution in [3.63, 3.8) is 0 Å². The van der Waals surface area contributed by atoms with Crippen molar-refractivity contribution in [2.24, 2.45) is 4.99 Å². The largest absolute Gasteiger partial charge is 0.322 e. The number of halogens is 1. The second-order valence-corrected chi connectivity index (χ2v) is 9.83. The Morgan fingerprint density at radius 2 is 1.94 bits per heavy atom. The van der Waals surface area contributed by atoms with Crippen LogP contribution < -0.4 is 10.0 Å². The van der Waals surface area contributed by atoms with Gasteiger partial charge in [-0.05, 0) is 42.7 Å². The molecule has 33 heavy (non-hydrogen) atoms. The molecule has 0 aliphatic carbocycles. The Hall–Kier alpha value is -3.17. The number of carbonyl (C=O) groups excluding carboxylic acids is 1. The van der Waals surface area contributed by atoms with E-state index in [4.69, 9.17) is 11.6 Å². The number of hydrogen-bond donors (Lipinski definition) is 2. The van der Waals surface area contributed by atoms with Crippen LogP contribution in [0, 0.1) is 0 Å². The van der Waals surface area contributed by atoms with Gasteiger partial charge in [0.2, 0.25) is 0 Å². The molecule has 0 spiro atoms. The van der Waals surface area contributed by atoms with Crippen LogP contribution in [-0.4, -0.2) is 36.5 Å². The molecule has 0 saturated carbocycles. The fourth-order valence-corrected chi connectivity index (χ4v) is 4.81. The third kappa shape index (κ3) is 6.00. The first-order valence-corrected chi connectivity index (χ1v) is 12.5. The zero-order chi connectivity index (χ0) is 23.3. The van der Waals surface area contributed by atoms with E-state index in [9.17, 15) is 13.2 Å². The van der Waals surface area contributed by atoms with E-state index in [-0.39, 0.29) is 4.90 Å². The van der Waals surface area contributed by atoms with Gasteiger partial charge in [-0.15, -0.1) is 0 Å². The Kier molecular flexibility index (Phi) is 7.10. The average molecular weight is 486 g/mol. The van der Waals surface area contributed by atoms with Crippen molar-refractivity contribution >= 4 is 39.1 Å². The fourth-order valence-electron chi connectivity index (χ4n) is 3.48. The molecule has 172 valence electrons. The van der Waals surface area contributed by atoms with Crippen LogP contribution in [0.3, 0.4) is 0 Å². The maximum absolute atomic E-state index is 12.8. The van der Waals surface area contributed by atoms with Gasteiger partial charge in [-0.2, -0.15) is 5.10 Å². The predicted molar refractivity (Wildman–Crippen MR) is 128 cm³/mol. The van der Waals surface area contributed by atoms with Crippen molar-refractivity contribution in [1.29, 1.82) is 0 Å². The molecule has 1 amide bonds. The van der Waals surface area contributed by atoms with Crippen LogP contribution >= 0.6 is 11.6 Å². The van der Waals surface area contributed by atoms with Crippen LogP contribution in [0.15, 0.2) is 70.8 Å². The predicted octanol–water partition coefficient (Wildman–Crippen LogP) is 4.09. The fraction of sp³-hybridized carbons (Fsp3) is 0.261. The molecule has 0 bridgehead atoms. The highest BCUT2D eigenvalue weighted by Gasteiger charge is 2.18. The summed E-state index contributed by atoms with van der Waals surface area (Å²) in [5, 5.41) is 7.58. The van der Waals surface area contributed by atoms with Gasteiger partial charge in [-0.3, -0.25) is 19.2 Å². The van der Waals surface area contributed by atoms with Gasteiger partial charge in [0.1, 0.15) is 5.84 Å². The van der Waals surface area contributed by atoms with Crippen LogP contribution in [0.4, 0.5) is 5.69 Å². The van der Waals surface area contributed by atoms with Crippen LogP contribution in [-0.2, 0) is 16.6 Å². The summed E-state index contributed by atoms with van der Waals surface area (Å²) in [6.07, 6.45) is 6.58. The average Bonchev–Trinajstić information content (AvgIpc) is 3.12. The standard InChI is InChI=1S/C23H24ClN5O3S/c24-21-10-4-3-7-17(21)15-29-16-18(14-26-29)23(30)27-19-8-6-9-20(13-19)33(31,32)28-22-11-2-1-5-12-25-22/h3-4,6-10,13-14,16H,1-2,5,11-12,15H2,(H,25,28)(H,27,30). The first-order valence-electron chi connectivity index (χ1n) is 10.6. The van der Waals surface area contributed by atoms with E-state index < -0.39 is 15.9 Å². The summed E-state index contributed by atoms with van der Waals surface area (Å²) in [4.78, 5) is 17.1. The monoisotopic (exact) mass is 485 g/mol. The second-order valence-electron chi connectivity index (χ2n) is 7.74. The normalized spacial score (nSPS) is 14.3. The minimum absolute atomic E-state index is 0.0571. The molecule has 1 aromatic heterocycles. The molecule has 10 heteroatoms. The number of sulfonamides is 1. The number of anilines is 1. The third-order valence-corrected chi connectivity index (χ3v) is 6.96. The Bertz CT molecular complexity index is 1290. The molecule has 4 rings (SSSR count). The van der Waals surface area contributed by atoms with Gasteiger partial charge in [-0.1, -0.05) is 42.3 Å². The molecule has 0 saturated heterocycles. The number of amidine groups is 1. The number of aliphatic imine (C=N–C) groups is 1. The maximum atomic E-state index is 12.8. The molecule has 0 atom stereocenters. The molecule has 3 aromatic rings. The maximum Gasteiger partial charge on any atom is 0.262 e. The molecule has 0 fully saturated rings. The smallest absolute Gasteiger partial charge is 0.262 e. The van der Waals surface area contributed by atoms with Crippen LogP contribution in [0.25, 0.3) is 0 Å². The van der Waals surface area contributed by atoms with Gasteiger partial charge in [0.05, 0.1) is 23.2 Å². The summed E-state index contributed by atoms with van der Waals surface area (Å²) in [6.45, 7) is 1.05. The van der Waals surface area contributed by atoms with E-state index in [1.54, 1.807) is 29.1 Å². The van der Waals surface area contributed by atoms with Crippen LogP contribution in [0.1, 0.15) is 41.6 Å². The van der Waals surface area contributed by atoms with Crippen molar-refractivity contribution in [2.75, 3.05) is 11.9 Å². The van der Waals surface area contributed by atoms with Crippen molar-refractivity contribution in [3.8, 4) is 0 Å². The van der Waals surface area contributed by atoms with E-state index in [1.165, 1.54) is 18.3 Å². The lowest BCUT2D eigenvalue weighted by Gasteiger charge is -2.11. The van der Waals surface area contributed by atoms with Gasteiger partial charge in [-0.25, -0.2) is 8.42 Å². The van der Waals surface area contributed by atoms with E-state index in [0.29, 0.717) is 41.6 Å². The van der Waals surface area contributed by atoms with E-state index in [0.717, 1.165) is 24.8 Å². The lowest BCUT2D eigenvalue weighted by atomic mass is 10.2. The molecule has 8 nitrogen and oxygen atoms in total. The molecular weight excluding hydrogens is 462 g/mol. The van der Waals surface area contributed by atoms with Crippen molar-refractivity contribution in [1.82, 2.24) is 14.5 Å². The molecule has 1 aliphatic rings. The number of nitrogens with one attached hydrogen (secondary N) is 2. The lowest BCUT2D eigenvalue weighted by Crippen LogP contribution is -2.30. The first-order chi connectivity index (χ1) is 15.9. The number of carbonyl (C=O) groups is 1. The molecule has 2 N–H and O–H groups in total. The Balaban J connectivity index is 1.44. The summed E-state index contributed by atoms with van der Waals surface area (Å²) in [5.41, 5.74) is 1.60. The number of aromatic nitrogens is 2. The molecule has 2 aromatic carbocycles. The number of nitrogens with zero attached hydrogens (tertiary/aromatic N) is 3. The highest BCUT2D eigenvalue weighted by Crippen LogP contribution is 2.19. The quantitative estimate of drug-likeness (QED) is 0.548. The number of hydrogen-bond acceptors (Lipinski definition) is 5. The summed E-state index contributed by atoms with van der Waals surface area (Å²) < 4.78 is 29.8. The van der Waals surface area contributed by atoms with Gasteiger partial charge < -0.3 is 5.32 Å². The van der Waals surface area contributed by atoms with Gasteiger partial charge in [0.25, 0.3) is 15.9 Å². The summed E-state index contributed by atoms with van der Waals surface area (Å²) >= 11 is 6.19. The van der Waals surface area contributed by atoms with Gasteiger partial charge in [0, 0.05) is 29.9 Å². The summed E-state index contributed by atoms with van der Waals surface area (Å²) in [6, 6.07) is 13.5. The molecule has 2 heterocycles. The number of benzene rings is 2. The highest BCUT2D eigenvalue weighted by molar-refractivity contribution is 7.90. The molecule has 1 aliphatic heterocycles. The molecular formula is C23H24ClN5O3S. The highest BCUT2D eigenvalue weighted by atomic mass is 35.5. The van der Waals surface area contributed by atoms with E-state index in [2.05, 4.69) is 20.1 Å². The van der Waals surface area contributed by atoms with Crippen LogP contribution in [0.2, 0.25) is 5.02 Å². The first kappa shape index (κ1) is 23.0. The minimum atomic E-state index is -3.79. The van der Waals surface area contributed by atoms with Crippen LogP contribution in [0.5, 0.6) is 0 Å². The zero-order valence-electron chi connectivity index (χ0n) is 17.9. The lowest BCUT2D eigenvalue weighted by molar-refractivity contribution is 0.102. The minimum Gasteiger partial charge on any atom is -0.322 e. The van der Waals surface area contributed by atoms with E-state index in [1.807, 2.05) is 18.2 Å². The number of amides is 1. The topological polar surface area (TPSA) is 105 Å². The van der Waals surface area contributed by atoms with Crippen molar-refractivity contribution < 1.29 is 13.2 Å². The molecule has 0 unspecified atom stereocenters. The summed E-state index contributed by atoms with van der Waals surface area (Å²) in [5.74, 6) is 0.0870. The Morgan fingerprint density at radius 3 is 2.79 bits per heavy atom. The van der Waals surface area contributed by atoms with Gasteiger partial charge in [0.15, 0.2) is 0 Å².